The molecule has 0 saturated heterocycles. The average Bonchev–Trinajstić information content (AvgIpc) is 2.55. The molecule has 0 bridgehead atoms. The van der Waals surface area contributed by atoms with E-state index < -0.39 is 29.7 Å². The third kappa shape index (κ3) is 4.26. The van der Waals surface area contributed by atoms with Gasteiger partial charge in [0, 0.05) is 5.56 Å². The first-order valence-corrected chi connectivity index (χ1v) is 7.19. The van der Waals surface area contributed by atoms with Crippen LogP contribution >= 0.6 is 0 Å². The predicted molar refractivity (Wildman–Crippen MR) is 82.7 cm³/mol. The van der Waals surface area contributed by atoms with Crippen LogP contribution in [0.3, 0.4) is 0 Å². The summed E-state index contributed by atoms with van der Waals surface area (Å²) < 4.78 is 26.9. The number of amides is 2. The van der Waals surface area contributed by atoms with E-state index in [0.717, 1.165) is 11.6 Å². The van der Waals surface area contributed by atoms with E-state index in [1.807, 2.05) is 6.07 Å². The molecule has 0 unspecified atom stereocenters. The first-order valence-electron chi connectivity index (χ1n) is 7.19. The summed E-state index contributed by atoms with van der Waals surface area (Å²) in [4.78, 5) is 12.0. The summed E-state index contributed by atoms with van der Waals surface area (Å²) >= 11 is 0. The number of carbonyl (C=O) groups is 1. The molecular weight excluding hydrogens is 302 g/mol. The van der Waals surface area contributed by atoms with Gasteiger partial charge in [-0.3, -0.25) is 0 Å². The zero-order valence-electron chi connectivity index (χ0n) is 12.6. The molecule has 0 aliphatic heterocycles. The fourth-order valence-electron chi connectivity index (χ4n) is 2.25. The van der Waals surface area contributed by atoms with E-state index in [0.29, 0.717) is 0 Å². The molecule has 2 rings (SSSR count). The lowest BCUT2D eigenvalue weighted by atomic mass is 10.1. The Bertz CT molecular complexity index is 665. The van der Waals surface area contributed by atoms with Gasteiger partial charge in [-0.15, -0.1) is 0 Å². The van der Waals surface area contributed by atoms with Crippen LogP contribution in [0.15, 0.2) is 48.5 Å². The standard InChI is InChI=1S/C17H18F2N2O2/c1-11(13-8-5-9-14(18)16(13)19)20-17(23)21-15(10-22)12-6-3-2-4-7-12/h2-9,11,15,22H,10H2,1H3,(H2,20,21,23)/t11-,15+/m0/s1. The van der Waals surface area contributed by atoms with Crippen LogP contribution in [0.2, 0.25) is 0 Å². The molecule has 2 amide bonds. The Kier molecular flexibility index (Phi) is 5.65. The van der Waals surface area contributed by atoms with Crippen molar-refractivity contribution < 1.29 is 18.7 Å². The van der Waals surface area contributed by atoms with Crippen molar-refractivity contribution in [2.75, 3.05) is 6.61 Å². The zero-order valence-corrected chi connectivity index (χ0v) is 12.6. The fourth-order valence-corrected chi connectivity index (χ4v) is 2.25. The molecule has 0 spiro atoms. The van der Waals surface area contributed by atoms with Gasteiger partial charge in [-0.2, -0.15) is 0 Å². The normalized spacial score (nSPS) is 13.2. The average molecular weight is 320 g/mol. The molecule has 2 aromatic rings. The van der Waals surface area contributed by atoms with E-state index in [9.17, 15) is 18.7 Å². The molecule has 0 radical (unpaired) electrons. The van der Waals surface area contributed by atoms with Gasteiger partial charge in [0.25, 0.3) is 0 Å². The molecule has 0 aromatic heterocycles. The van der Waals surface area contributed by atoms with Crippen molar-refractivity contribution in [1.82, 2.24) is 10.6 Å². The van der Waals surface area contributed by atoms with Crippen molar-refractivity contribution >= 4 is 6.03 Å². The molecule has 6 heteroatoms. The fraction of sp³-hybridized carbons (Fsp3) is 0.235. The maximum absolute atomic E-state index is 13.7. The first-order chi connectivity index (χ1) is 11.0. The molecule has 0 aliphatic carbocycles. The van der Waals surface area contributed by atoms with Crippen LogP contribution in [0.1, 0.15) is 30.1 Å². The topological polar surface area (TPSA) is 61.4 Å². The summed E-state index contributed by atoms with van der Waals surface area (Å²) in [5.74, 6) is -1.95. The number of carbonyl (C=O) groups excluding carboxylic acids is 1. The highest BCUT2D eigenvalue weighted by atomic mass is 19.2. The summed E-state index contributed by atoms with van der Waals surface area (Å²) in [6.45, 7) is 1.27. The lowest BCUT2D eigenvalue weighted by Crippen LogP contribution is -2.40. The highest BCUT2D eigenvalue weighted by Gasteiger charge is 2.18. The van der Waals surface area contributed by atoms with Gasteiger partial charge in [0.2, 0.25) is 0 Å². The zero-order chi connectivity index (χ0) is 16.8. The van der Waals surface area contributed by atoms with Crippen LogP contribution in [0.25, 0.3) is 0 Å². The number of nitrogens with one attached hydrogen (secondary N) is 2. The van der Waals surface area contributed by atoms with Crippen molar-refractivity contribution in [2.24, 2.45) is 0 Å². The summed E-state index contributed by atoms with van der Waals surface area (Å²) in [6, 6.07) is 10.9. The van der Waals surface area contributed by atoms with Crippen molar-refractivity contribution in [2.45, 2.75) is 19.0 Å². The predicted octanol–water partition coefficient (Wildman–Crippen LogP) is 3.06. The molecule has 0 heterocycles. The monoisotopic (exact) mass is 320 g/mol. The Balaban J connectivity index is 2.02. The van der Waals surface area contributed by atoms with E-state index in [4.69, 9.17) is 0 Å². The van der Waals surface area contributed by atoms with E-state index in [2.05, 4.69) is 10.6 Å². The van der Waals surface area contributed by atoms with Crippen LogP contribution in [-0.2, 0) is 0 Å². The minimum absolute atomic E-state index is 0.0559. The molecule has 0 fully saturated rings. The second-order valence-electron chi connectivity index (χ2n) is 5.13. The van der Waals surface area contributed by atoms with E-state index >= 15 is 0 Å². The molecule has 4 nitrogen and oxygen atoms in total. The number of rotatable bonds is 5. The maximum Gasteiger partial charge on any atom is 0.315 e. The Morgan fingerprint density at radius 3 is 2.43 bits per heavy atom. The summed E-state index contributed by atoms with van der Waals surface area (Å²) in [7, 11) is 0. The Labute approximate surface area is 133 Å². The van der Waals surface area contributed by atoms with Crippen LogP contribution in [0, 0.1) is 11.6 Å². The largest absolute Gasteiger partial charge is 0.394 e. The van der Waals surface area contributed by atoms with Crippen molar-refractivity contribution in [3.63, 3.8) is 0 Å². The van der Waals surface area contributed by atoms with Crippen LogP contribution in [0.5, 0.6) is 0 Å². The van der Waals surface area contributed by atoms with E-state index in [1.165, 1.54) is 12.1 Å². The van der Waals surface area contributed by atoms with Gasteiger partial charge in [-0.1, -0.05) is 42.5 Å². The van der Waals surface area contributed by atoms with Crippen LogP contribution in [0.4, 0.5) is 13.6 Å². The molecule has 0 aliphatic rings. The van der Waals surface area contributed by atoms with Gasteiger partial charge in [0.15, 0.2) is 11.6 Å². The summed E-state index contributed by atoms with van der Waals surface area (Å²) in [5.41, 5.74) is 0.801. The van der Waals surface area contributed by atoms with E-state index in [1.54, 1.807) is 31.2 Å². The number of benzene rings is 2. The van der Waals surface area contributed by atoms with E-state index in [-0.39, 0.29) is 12.2 Å². The Morgan fingerprint density at radius 2 is 1.78 bits per heavy atom. The molecule has 122 valence electrons. The van der Waals surface area contributed by atoms with Gasteiger partial charge in [0.1, 0.15) is 0 Å². The quantitative estimate of drug-likeness (QED) is 0.793. The number of hydrogen-bond donors (Lipinski definition) is 3. The highest BCUT2D eigenvalue weighted by Crippen LogP contribution is 2.19. The summed E-state index contributed by atoms with van der Waals surface area (Å²) in [5, 5.41) is 14.5. The Hall–Kier alpha value is -2.47. The summed E-state index contributed by atoms with van der Waals surface area (Å²) in [6.07, 6.45) is 0. The second-order valence-corrected chi connectivity index (χ2v) is 5.13. The maximum atomic E-state index is 13.7. The third-order valence-corrected chi connectivity index (χ3v) is 3.49. The number of halogens is 2. The minimum Gasteiger partial charge on any atom is -0.394 e. The number of hydrogen-bond acceptors (Lipinski definition) is 2. The van der Waals surface area contributed by atoms with Gasteiger partial charge < -0.3 is 15.7 Å². The molecule has 0 saturated carbocycles. The van der Waals surface area contributed by atoms with Gasteiger partial charge >= 0.3 is 6.03 Å². The smallest absolute Gasteiger partial charge is 0.315 e. The third-order valence-electron chi connectivity index (χ3n) is 3.49. The molecule has 3 N–H and O–H groups in total. The van der Waals surface area contributed by atoms with Crippen LogP contribution in [-0.4, -0.2) is 17.7 Å². The SMILES string of the molecule is C[C@H](NC(=O)N[C@H](CO)c1ccccc1)c1cccc(F)c1F. The van der Waals surface area contributed by atoms with Gasteiger partial charge in [-0.25, -0.2) is 13.6 Å². The van der Waals surface area contributed by atoms with Crippen molar-refractivity contribution in [3.8, 4) is 0 Å². The second kappa shape index (κ2) is 7.69. The molecule has 2 atom stereocenters. The Morgan fingerprint density at radius 1 is 1.09 bits per heavy atom. The number of aliphatic hydroxyl groups is 1. The minimum atomic E-state index is -0.984. The first kappa shape index (κ1) is 16.9. The molecule has 2 aromatic carbocycles. The van der Waals surface area contributed by atoms with Crippen molar-refractivity contribution in [3.05, 3.63) is 71.3 Å². The number of aliphatic hydroxyl groups excluding tert-OH is 1. The van der Waals surface area contributed by atoms with Gasteiger partial charge in [-0.05, 0) is 18.6 Å². The molecular formula is C17H18F2N2O2. The number of urea groups is 1. The van der Waals surface area contributed by atoms with Crippen molar-refractivity contribution in [1.29, 1.82) is 0 Å². The van der Waals surface area contributed by atoms with Crippen LogP contribution < -0.4 is 10.6 Å². The van der Waals surface area contributed by atoms with Gasteiger partial charge in [0.05, 0.1) is 18.7 Å². The lowest BCUT2D eigenvalue weighted by Gasteiger charge is -2.20. The highest BCUT2D eigenvalue weighted by molar-refractivity contribution is 5.75. The lowest BCUT2D eigenvalue weighted by molar-refractivity contribution is 0.214. The molecule has 23 heavy (non-hydrogen) atoms.